The molecule has 0 N–H and O–H groups in total. The minimum Gasteiger partial charge on any atom is -0.310 e. The molecule has 8 aromatic rings. The van der Waals surface area contributed by atoms with Gasteiger partial charge in [-0.2, -0.15) is 0 Å². The van der Waals surface area contributed by atoms with Crippen LogP contribution in [0.25, 0.3) is 54.9 Å². The number of nitrogens with zero attached hydrogens (tertiary/aromatic N) is 2. The van der Waals surface area contributed by atoms with Crippen LogP contribution < -0.4 is 4.90 Å². The molecule has 0 unspecified atom stereocenters. The Morgan fingerprint density at radius 3 is 2.00 bits per heavy atom. The van der Waals surface area contributed by atoms with Gasteiger partial charge in [0.25, 0.3) is 0 Å². The minimum absolute atomic E-state index is 0.138. The van der Waals surface area contributed by atoms with Gasteiger partial charge in [-0.1, -0.05) is 141 Å². The second kappa shape index (κ2) is 11.8. The Bertz CT molecular complexity index is 2670. The van der Waals surface area contributed by atoms with Crippen LogP contribution in [0.15, 0.2) is 164 Å². The van der Waals surface area contributed by atoms with E-state index < -0.39 is 0 Å². The summed E-state index contributed by atoms with van der Waals surface area (Å²) in [4.78, 5) is 4.94. The van der Waals surface area contributed by atoms with E-state index in [1.165, 1.54) is 82.9 Å². The number of rotatable bonds is 5. The summed E-state index contributed by atoms with van der Waals surface area (Å²) in [7, 11) is 2.23. The van der Waals surface area contributed by atoms with Crippen molar-refractivity contribution < 1.29 is 0 Å². The van der Waals surface area contributed by atoms with E-state index in [9.17, 15) is 0 Å². The first-order chi connectivity index (χ1) is 25.4. The highest BCUT2D eigenvalue weighted by atomic mass is 15.1. The van der Waals surface area contributed by atoms with E-state index in [1.807, 2.05) is 0 Å². The predicted octanol–water partition coefficient (Wildman–Crippen LogP) is 13.0. The van der Waals surface area contributed by atoms with Gasteiger partial charge in [-0.25, -0.2) is 0 Å². The SMILES string of the molecule is CN1Cc2cccc(-c3cc4c(cc3N(c3ccc(-c5ccccc5)cc3)c3ccc5ccc6ccccc6c5c3)C(C)(C)c3ccccc3-4)c2C1. The molecule has 0 radical (unpaired) electrons. The van der Waals surface area contributed by atoms with Crippen molar-refractivity contribution in [2.75, 3.05) is 11.9 Å². The summed E-state index contributed by atoms with van der Waals surface area (Å²) >= 11 is 0. The molecule has 52 heavy (non-hydrogen) atoms. The maximum atomic E-state index is 2.52. The van der Waals surface area contributed by atoms with Crippen molar-refractivity contribution in [3.05, 3.63) is 186 Å². The van der Waals surface area contributed by atoms with Crippen molar-refractivity contribution in [3.8, 4) is 33.4 Å². The quantitative estimate of drug-likeness (QED) is 0.168. The third kappa shape index (κ3) is 4.82. The molecule has 10 rings (SSSR count). The first-order valence-corrected chi connectivity index (χ1v) is 18.4. The highest BCUT2D eigenvalue weighted by Gasteiger charge is 2.37. The summed E-state index contributed by atoms with van der Waals surface area (Å²) in [5, 5.41) is 5.04. The zero-order valence-electron chi connectivity index (χ0n) is 29.9. The average molecular weight is 669 g/mol. The van der Waals surface area contributed by atoms with Crippen LogP contribution >= 0.6 is 0 Å². The largest absolute Gasteiger partial charge is 0.310 e. The smallest absolute Gasteiger partial charge is 0.0543 e. The molecule has 8 aromatic carbocycles. The van der Waals surface area contributed by atoms with Crippen LogP contribution in [0.5, 0.6) is 0 Å². The van der Waals surface area contributed by atoms with Crippen LogP contribution in [-0.2, 0) is 18.5 Å². The van der Waals surface area contributed by atoms with Crippen LogP contribution in [0.2, 0.25) is 0 Å². The van der Waals surface area contributed by atoms with Crippen LogP contribution in [0.3, 0.4) is 0 Å². The van der Waals surface area contributed by atoms with Crippen molar-refractivity contribution >= 4 is 38.6 Å². The van der Waals surface area contributed by atoms with E-state index >= 15 is 0 Å². The third-order valence-electron chi connectivity index (χ3n) is 11.6. The maximum absolute atomic E-state index is 2.52. The summed E-state index contributed by atoms with van der Waals surface area (Å²) in [5.41, 5.74) is 16.7. The van der Waals surface area contributed by atoms with Gasteiger partial charge in [-0.3, -0.25) is 4.90 Å². The van der Waals surface area contributed by atoms with Crippen molar-refractivity contribution in [3.63, 3.8) is 0 Å². The first kappa shape index (κ1) is 30.8. The van der Waals surface area contributed by atoms with Crippen molar-refractivity contribution in [2.24, 2.45) is 0 Å². The summed E-state index contributed by atoms with van der Waals surface area (Å²) in [6.45, 7) is 6.69. The predicted molar refractivity (Wildman–Crippen MR) is 220 cm³/mol. The van der Waals surface area contributed by atoms with Gasteiger partial charge in [0.05, 0.1) is 5.69 Å². The van der Waals surface area contributed by atoms with E-state index in [0.29, 0.717) is 0 Å². The minimum atomic E-state index is -0.138. The Kier molecular flexibility index (Phi) is 7.00. The fraction of sp³-hybridized carbons (Fsp3) is 0.120. The third-order valence-corrected chi connectivity index (χ3v) is 11.6. The molecule has 2 heteroatoms. The number of fused-ring (bicyclic) bond motifs is 7. The van der Waals surface area contributed by atoms with E-state index in [1.54, 1.807) is 0 Å². The molecule has 0 amide bonds. The Balaban J connectivity index is 1.27. The molecule has 250 valence electrons. The lowest BCUT2D eigenvalue weighted by Crippen LogP contribution is -2.17. The van der Waals surface area contributed by atoms with Crippen molar-refractivity contribution in [2.45, 2.75) is 32.4 Å². The topological polar surface area (TPSA) is 6.48 Å². The van der Waals surface area contributed by atoms with Crippen LogP contribution in [-0.4, -0.2) is 11.9 Å². The zero-order chi connectivity index (χ0) is 35.0. The first-order valence-electron chi connectivity index (χ1n) is 18.4. The molecule has 1 aliphatic carbocycles. The fourth-order valence-corrected chi connectivity index (χ4v) is 8.97. The van der Waals surface area contributed by atoms with E-state index in [-0.39, 0.29) is 5.41 Å². The lowest BCUT2D eigenvalue weighted by Gasteiger charge is -2.31. The van der Waals surface area contributed by atoms with Crippen LogP contribution in [0.1, 0.15) is 36.1 Å². The van der Waals surface area contributed by atoms with Gasteiger partial charge in [-0.15, -0.1) is 0 Å². The molecular weight excluding hydrogens is 629 g/mol. The van der Waals surface area contributed by atoms with Crippen molar-refractivity contribution in [1.29, 1.82) is 0 Å². The van der Waals surface area contributed by atoms with Gasteiger partial charge >= 0.3 is 0 Å². The van der Waals surface area contributed by atoms with Gasteiger partial charge < -0.3 is 4.90 Å². The molecule has 0 fully saturated rings. The van der Waals surface area contributed by atoms with Gasteiger partial charge in [-0.05, 0) is 115 Å². The van der Waals surface area contributed by atoms with Crippen LogP contribution in [0.4, 0.5) is 17.1 Å². The lowest BCUT2D eigenvalue weighted by atomic mass is 9.81. The van der Waals surface area contributed by atoms with E-state index in [0.717, 1.165) is 24.5 Å². The Labute approximate surface area is 306 Å². The zero-order valence-corrected chi connectivity index (χ0v) is 29.9. The van der Waals surface area contributed by atoms with Gasteiger partial charge in [0.15, 0.2) is 0 Å². The fourth-order valence-electron chi connectivity index (χ4n) is 8.97. The second-order valence-electron chi connectivity index (χ2n) is 15.1. The molecule has 0 bridgehead atoms. The van der Waals surface area contributed by atoms with Crippen LogP contribution in [0, 0.1) is 0 Å². The number of hydrogen-bond acceptors (Lipinski definition) is 2. The molecule has 0 saturated carbocycles. The Hall–Kier alpha value is -5.96. The molecule has 0 saturated heterocycles. The molecule has 2 aliphatic rings. The number of anilines is 3. The highest BCUT2D eigenvalue weighted by molar-refractivity contribution is 6.09. The van der Waals surface area contributed by atoms with E-state index in [4.69, 9.17) is 0 Å². The molecule has 0 aromatic heterocycles. The number of benzene rings is 8. The summed E-state index contributed by atoms with van der Waals surface area (Å²) in [6, 6.07) is 61.0. The molecule has 1 aliphatic heterocycles. The van der Waals surface area contributed by atoms with Gasteiger partial charge in [0, 0.05) is 35.4 Å². The van der Waals surface area contributed by atoms with Gasteiger partial charge in [0.2, 0.25) is 0 Å². The average Bonchev–Trinajstić information content (AvgIpc) is 3.68. The van der Waals surface area contributed by atoms with E-state index in [2.05, 4.69) is 194 Å². The summed E-state index contributed by atoms with van der Waals surface area (Å²) in [6.07, 6.45) is 0. The maximum Gasteiger partial charge on any atom is 0.0543 e. The lowest BCUT2D eigenvalue weighted by molar-refractivity contribution is 0.353. The summed E-state index contributed by atoms with van der Waals surface area (Å²) < 4.78 is 0. The van der Waals surface area contributed by atoms with Crippen molar-refractivity contribution in [1.82, 2.24) is 4.90 Å². The monoisotopic (exact) mass is 668 g/mol. The summed E-state index contributed by atoms with van der Waals surface area (Å²) in [5.74, 6) is 0. The second-order valence-corrected chi connectivity index (χ2v) is 15.1. The molecule has 0 atom stereocenters. The molecule has 2 nitrogen and oxygen atoms in total. The number of hydrogen-bond donors (Lipinski definition) is 0. The highest BCUT2D eigenvalue weighted by Crippen LogP contribution is 2.54. The molecule has 1 heterocycles. The standard InChI is InChI=1S/C50H40N2/c1-50(2)47-19-10-9-17-42(47)44-29-45(41-18-11-15-37-31-51(3)32-46(37)41)49(30-48(44)50)52(38-25-22-34(23-26-38)33-12-5-4-6-13-33)39-27-24-36-21-20-35-14-7-8-16-40(35)43(36)28-39/h4-30H,31-32H2,1-3H3. The van der Waals surface area contributed by atoms with Gasteiger partial charge in [0.1, 0.15) is 0 Å². The Morgan fingerprint density at radius 1 is 0.481 bits per heavy atom. The molecule has 0 spiro atoms. The Morgan fingerprint density at radius 2 is 1.15 bits per heavy atom. The molecular formula is C50H40N2. The normalized spacial score (nSPS) is 14.4.